The summed E-state index contributed by atoms with van der Waals surface area (Å²) in [5, 5.41) is 0. The van der Waals surface area contributed by atoms with Crippen LogP contribution >= 0.6 is 0 Å². The van der Waals surface area contributed by atoms with Crippen LogP contribution in [-0.4, -0.2) is 36.9 Å². The number of carbonyl (C=O) groups excluding carboxylic acids is 1. The van der Waals surface area contributed by atoms with Gasteiger partial charge in [0.1, 0.15) is 5.60 Å². The number of ether oxygens (including phenoxy) is 1. The van der Waals surface area contributed by atoms with Crippen LogP contribution in [0.5, 0.6) is 0 Å². The van der Waals surface area contributed by atoms with Gasteiger partial charge < -0.3 is 9.64 Å². The molecule has 1 fully saturated rings. The molecule has 1 aliphatic rings. The van der Waals surface area contributed by atoms with Crippen LogP contribution in [0.4, 0.5) is 4.79 Å². The van der Waals surface area contributed by atoms with Gasteiger partial charge in [0.05, 0.1) is 8.07 Å². The monoisotopic (exact) mass is 271 g/mol. The number of carbonyl (C=O) groups is 1. The summed E-state index contributed by atoms with van der Waals surface area (Å²) < 4.78 is 5.56. The predicted octanol–water partition coefficient (Wildman–Crippen LogP) is 3.90. The SMILES string of the molecule is C[C@H]1CCCN(C(=O)OC(C)(C)C)[C@@H]1[Si](C)(C)C. The summed E-state index contributed by atoms with van der Waals surface area (Å²) in [5.41, 5.74) is 0.00276. The third-order valence-corrected chi connectivity index (χ3v) is 6.10. The summed E-state index contributed by atoms with van der Waals surface area (Å²) in [6.45, 7) is 16.0. The summed E-state index contributed by atoms with van der Waals surface area (Å²) in [7, 11) is -1.40. The van der Waals surface area contributed by atoms with Crippen LogP contribution in [0.2, 0.25) is 19.6 Å². The van der Waals surface area contributed by atoms with E-state index in [-0.39, 0.29) is 6.09 Å². The minimum atomic E-state index is -1.40. The first kappa shape index (κ1) is 15.5. The second-order valence-corrected chi connectivity index (χ2v) is 12.9. The van der Waals surface area contributed by atoms with Crippen LogP contribution in [0.15, 0.2) is 0 Å². The van der Waals surface area contributed by atoms with Gasteiger partial charge in [-0.1, -0.05) is 26.6 Å². The maximum absolute atomic E-state index is 12.3. The minimum Gasteiger partial charge on any atom is -0.444 e. The molecule has 0 aromatic heterocycles. The molecule has 0 unspecified atom stereocenters. The summed E-state index contributed by atoms with van der Waals surface area (Å²) in [6.07, 6.45) is 2.21. The molecular weight excluding hydrogens is 242 g/mol. The number of amides is 1. The van der Waals surface area contributed by atoms with Gasteiger partial charge in [0.2, 0.25) is 0 Å². The molecule has 3 nitrogen and oxygen atoms in total. The molecule has 0 aromatic carbocycles. The van der Waals surface area contributed by atoms with E-state index in [4.69, 9.17) is 4.74 Å². The van der Waals surface area contributed by atoms with E-state index in [1.165, 1.54) is 6.42 Å². The second kappa shape index (κ2) is 5.23. The third kappa shape index (κ3) is 4.01. The van der Waals surface area contributed by atoms with E-state index in [0.717, 1.165) is 13.0 Å². The first-order chi connectivity index (χ1) is 8.02. The van der Waals surface area contributed by atoms with Crippen molar-refractivity contribution in [3.8, 4) is 0 Å². The van der Waals surface area contributed by atoms with Crippen molar-refractivity contribution >= 4 is 14.2 Å². The van der Waals surface area contributed by atoms with Gasteiger partial charge in [0.25, 0.3) is 0 Å². The summed E-state index contributed by atoms with van der Waals surface area (Å²) in [6, 6.07) is 0. The topological polar surface area (TPSA) is 29.5 Å². The normalized spacial score (nSPS) is 26.1. The Labute approximate surface area is 113 Å². The molecule has 0 radical (unpaired) electrons. The molecule has 1 saturated heterocycles. The number of hydrogen-bond donors (Lipinski definition) is 0. The smallest absolute Gasteiger partial charge is 0.410 e. The van der Waals surface area contributed by atoms with E-state index in [1.807, 2.05) is 25.7 Å². The number of nitrogens with zero attached hydrogens (tertiary/aromatic N) is 1. The highest BCUT2D eigenvalue weighted by Gasteiger charge is 2.41. The first-order valence-corrected chi connectivity index (χ1v) is 10.6. The van der Waals surface area contributed by atoms with Crippen molar-refractivity contribution in [2.24, 2.45) is 5.92 Å². The van der Waals surface area contributed by atoms with E-state index in [2.05, 4.69) is 26.6 Å². The number of piperidine rings is 1. The Kier molecular flexibility index (Phi) is 4.52. The highest BCUT2D eigenvalue weighted by molar-refractivity contribution is 6.77. The lowest BCUT2D eigenvalue weighted by atomic mass is 10.00. The van der Waals surface area contributed by atoms with Gasteiger partial charge in [0, 0.05) is 12.2 Å². The van der Waals surface area contributed by atoms with Crippen LogP contribution in [-0.2, 0) is 4.74 Å². The fourth-order valence-electron chi connectivity index (χ4n) is 3.03. The van der Waals surface area contributed by atoms with E-state index in [9.17, 15) is 4.79 Å². The van der Waals surface area contributed by atoms with Crippen molar-refractivity contribution in [1.29, 1.82) is 0 Å². The van der Waals surface area contributed by atoms with Crippen LogP contribution < -0.4 is 0 Å². The summed E-state index contributed by atoms with van der Waals surface area (Å²) in [5.74, 6) is 0.595. The second-order valence-electron chi connectivity index (χ2n) is 7.60. The van der Waals surface area contributed by atoms with Crippen LogP contribution in [0, 0.1) is 5.92 Å². The highest BCUT2D eigenvalue weighted by atomic mass is 28.3. The van der Waals surface area contributed by atoms with Crippen molar-refractivity contribution in [2.45, 2.75) is 71.4 Å². The predicted molar refractivity (Wildman–Crippen MR) is 78.5 cm³/mol. The van der Waals surface area contributed by atoms with E-state index in [1.54, 1.807) is 0 Å². The summed E-state index contributed by atoms with van der Waals surface area (Å²) in [4.78, 5) is 14.3. The molecule has 0 spiro atoms. The van der Waals surface area contributed by atoms with Gasteiger partial charge in [-0.15, -0.1) is 0 Å². The molecule has 0 aliphatic carbocycles. The lowest BCUT2D eigenvalue weighted by Gasteiger charge is -2.46. The number of rotatable bonds is 1. The van der Waals surface area contributed by atoms with Crippen LogP contribution in [0.25, 0.3) is 0 Å². The Bertz CT molecular complexity index is 304. The molecule has 1 rings (SSSR count). The first-order valence-electron chi connectivity index (χ1n) is 7.02. The van der Waals surface area contributed by atoms with Gasteiger partial charge in [0.15, 0.2) is 0 Å². The van der Waals surface area contributed by atoms with E-state index < -0.39 is 13.7 Å². The molecule has 2 atom stereocenters. The molecule has 0 aromatic rings. The van der Waals surface area contributed by atoms with Crippen molar-refractivity contribution in [3.05, 3.63) is 0 Å². The maximum Gasteiger partial charge on any atom is 0.410 e. The Morgan fingerprint density at radius 3 is 2.28 bits per heavy atom. The zero-order valence-corrected chi connectivity index (χ0v) is 14.0. The number of likely N-dealkylation sites (tertiary alicyclic amines) is 1. The Morgan fingerprint density at radius 1 is 1.28 bits per heavy atom. The molecule has 106 valence electrons. The van der Waals surface area contributed by atoms with Gasteiger partial charge in [-0.2, -0.15) is 0 Å². The van der Waals surface area contributed by atoms with Crippen molar-refractivity contribution < 1.29 is 9.53 Å². The fraction of sp³-hybridized carbons (Fsp3) is 0.929. The molecule has 18 heavy (non-hydrogen) atoms. The third-order valence-electron chi connectivity index (χ3n) is 3.45. The average Bonchev–Trinajstić information content (AvgIpc) is 2.12. The average molecular weight is 271 g/mol. The zero-order valence-electron chi connectivity index (χ0n) is 13.0. The Balaban J connectivity index is 2.87. The molecule has 1 heterocycles. The molecule has 1 amide bonds. The van der Waals surface area contributed by atoms with Crippen molar-refractivity contribution in [3.63, 3.8) is 0 Å². The van der Waals surface area contributed by atoms with Gasteiger partial charge in [-0.25, -0.2) is 4.79 Å². The van der Waals surface area contributed by atoms with Crippen LogP contribution in [0.3, 0.4) is 0 Å². The molecular formula is C14H29NO2Si. The molecule has 0 bridgehead atoms. The highest BCUT2D eigenvalue weighted by Crippen LogP contribution is 2.31. The van der Waals surface area contributed by atoms with Gasteiger partial charge in [-0.05, 0) is 39.5 Å². The van der Waals surface area contributed by atoms with Gasteiger partial charge in [-0.3, -0.25) is 0 Å². The van der Waals surface area contributed by atoms with E-state index in [0.29, 0.717) is 11.6 Å². The maximum atomic E-state index is 12.3. The van der Waals surface area contributed by atoms with E-state index >= 15 is 0 Å². The van der Waals surface area contributed by atoms with Crippen molar-refractivity contribution in [1.82, 2.24) is 4.90 Å². The van der Waals surface area contributed by atoms with Crippen LogP contribution in [0.1, 0.15) is 40.5 Å². The quantitative estimate of drug-likeness (QED) is 0.677. The fourth-order valence-corrected chi connectivity index (χ4v) is 6.08. The lowest BCUT2D eigenvalue weighted by molar-refractivity contribution is 0.0113. The largest absolute Gasteiger partial charge is 0.444 e. The molecule has 4 heteroatoms. The lowest BCUT2D eigenvalue weighted by Crippen LogP contribution is -2.59. The number of hydrogen-bond acceptors (Lipinski definition) is 2. The molecule has 0 N–H and O–H groups in total. The van der Waals surface area contributed by atoms with Gasteiger partial charge >= 0.3 is 6.09 Å². The minimum absolute atomic E-state index is 0.124. The Morgan fingerprint density at radius 2 is 1.83 bits per heavy atom. The Hall–Kier alpha value is -0.513. The standard InChI is InChI=1S/C14H29NO2Si/c1-11-9-8-10-15(12(11)18(5,6)7)13(16)17-14(2,3)4/h11-12H,8-10H2,1-7H3/t11-,12+/m0/s1. The zero-order chi connectivity index (χ0) is 14.1. The molecule has 0 saturated carbocycles. The summed E-state index contributed by atoms with van der Waals surface area (Å²) >= 11 is 0. The molecule has 1 aliphatic heterocycles. The van der Waals surface area contributed by atoms with Crippen molar-refractivity contribution in [2.75, 3.05) is 6.54 Å².